The molecule has 0 aliphatic heterocycles. The summed E-state index contributed by atoms with van der Waals surface area (Å²) in [5.41, 5.74) is 3.31. The molecule has 0 heterocycles. The van der Waals surface area contributed by atoms with Gasteiger partial charge in [-0.2, -0.15) is 0 Å². The van der Waals surface area contributed by atoms with Gasteiger partial charge in [-0.05, 0) is 63.4 Å². The van der Waals surface area contributed by atoms with Crippen molar-refractivity contribution in [3.8, 4) is 0 Å². The highest BCUT2D eigenvalue weighted by Gasteiger charge is 2.32. The number of sulfonamides is 1. The van der Waals surface area contributed by atoms with Gasteiger partial charge in [-0.15, -0.1) is 0 Å². The third-order valence-corrected chi connectivity index (χ3v) is 8.20. The molecule has 3 rings (SSSR count). The Morgan fingerprint density at radius 2 is 1.45 bits per heavy atom. The Morgan fingerprint density at radius 1 is 0.868 bits per heavy atom. The van der Waals surface area contributed by atoms with Crippen molar-refractivity contribution in [1.82, 2.24) is 10.2 Å². The number of hydrogen-bond acceptors (Lipinski definition) is 4. The van der Waals surface area contributed by atoms with Crippen LogP contribution in [0.2, 0.25) is 0 Å². The van der Waals surface area contributed by atoms with Crippen molar-refractivity contribution in [2.24, 2.45) is 0 Å². The van der Waals surface area contributed by atoms with Crippen LogP contribution in [0.15, 0.2) is 83.8 Å². The number of benzene rings is 3. The molecule has 0 bridgehead atoms. The number of nitrogens with zero attached hydrogens (tertiary/aromatic N) is 2. The van der Waals surface area contributed by atoms with Gasteiger partial charge in [-0.25, -0.2) is 8.42 Å². The summed E-state index contributed by atoms with van der Waals surface area (Å²) in [7, 11) is -4.05. The van der Waals surface area contributed by atoms with Crippen molar-refractivity contribution in [3.05, 3.63) is 95.6 Å². The summed E-state index contributed by atoms with van der Waals surface area (Å²) in [4.78, 5) is 28.2. The number of nitrogens with one attached hydrogen (secondary N) is 1. The molecule has 0 aliphatic carbocycles. The van der Waals surface area contributed by atoms with E-state index in [-0.39, 0.29) is 17.3 Å². The Bertz CT molecular complexity index is 1310. The van der Waals surface area contributed by atoms with Crippen molar-refractivity contribution in [1.29, 1.82) is 0 Å². The SMILES string of the molecule is CCCNC(=O)[C@H](C)N(CCc1ccccc1)C(=O)CN(c1ccc(C)cc1)S(=O)(=O)c1ccc(C)cc1. The van der Waals surface area contributed by atoms with Crippen LogP contribution in [0, 0.1) is 13.8 Å². The van der Waals surface area contributed by atoms with Crippen LogP contribution < -0.4 is 9.62 Å². The minimum Gasteiger partial charge on any atom is -0.354 e. The highest BCUT2D eigenvalue weighted by molar-refractivity contribution is 7.92. The highest BCUT2D eigenvalue weighted by Crippen LogP contribution is 2.25. The van der Waals surface area contributed by atoms with Crippen LogP contribution in [0.5, 0.6) is 0 Å². The largest absolute Gasteiger partial charge is 0.354 e. The number of carbonyl (C=O) groups is 2. The van der Waals surface area contributed by atoms with Gasteiger partial charge >= 0.3 is 0 Å². The Labute approximate surface area is 226 Å². The second kappa shape index (κ2) is 13.2. The summed E-state index contributed by atoms with van der Waals surface area (Å²) in [6.07, 6.45) is 1.31. The maximum Gasteiger partial charge on any atom is 0.264 e. The van der Waals surface area contributed by atoms with Crippen LogP contribution in [0.4, 0.5) is 5.69 Å². The summed E-state index contributed by atoms with van der Waals surface area (Å²) >= 11 is 0. The molecule has 0 radical (unpaired) electrons. The van der Waals surface area contributed by atoms with E-state index in [9.17, 15) is 18.0 Å². The average molecular weight is 536 g/mol. The lowest BCUT2D eigenvalue weighted by molar-refractivity contribution is -0.138. The van der Waals surface area contributed by atoms with E-state index in [1.807, 2.05) is 63.2 Å². The highest BCUT2D eigenvalue weighted by atomic mass is 32.2. The Kier molecular flexibility index (Phi) is 10.1. The van der Waals surface area contributed by atoms with Gasteiger partial charge in [0.1, 0.15) is 12.6 Å². The molecule has 202 valence electrons. The van der Waals surface area contributed by atoms with Gasteiger partial charge in [-0.3, -0.25) is 13.9 Å². The van der Waals surface area contributed by atoms with Crippen LogP contribution >= 0.6 is 0 Å². The van der Waals surface area contributed by atoms with E-state index in [4.69, 9.17) is 0 Å². The third-order valence-electron chi connectivity index (χ3n) is 6.41. The van der Waals surface area contributed by atoms with Crippen molar-refractivity contribution < 1.29 is 18.0 Å². The fourth-order valence-corrected chi connectivity index (χ4v) is 5.46. The van der Waals surface area contributed by atoms with Gasteiger partial charge in [0.2, 0.25) is 11.8 Å². The molecule has 0 saturated heterocycles. The molecule has 0 aliphatic rings. The fourth-order valence-electron chi connectivity index (χ4n) is 4.04. The van der Waals surface area contributed by atoms with Gasteiger partial charge in [0.05, 0.1) is 10.6 Å². The zero-order valence-electron chi connectivity index (χ0n) is 22.6. The van der Waals surface area contributed by atoms with E-state index < -0.39 is 28.5 Å². The Morgan fingerprint density at radius 3 is 2.03 bits per heavy atom. The lowest BCUT2D eigenvalue weighted by Crippen LogP contribution is -2.52. The Hall–Kier alpha value is -3.65. The molecule has 0 unspecified atom stereocenters. The summed E-state index contributed by atoms with van der Waals surface area (Å²) in [5.74, 6) is -0.715. The number of aryl methyl sites for hydroxylation is 2. The van der Waals surface area contributed by atoms with E-state index >= 15 is 0 Å². The van der Waals surface area contributed by atoms with Crippen molar-refractivity contribution in [3.63, 3.8) is 0 Å². The van der Waals surface area contributed by atoms with E-state index in [1.54, 1.807) is 43.3 Å². The zero-order valence-corrected chi connectivity index (χ0v) is 23.4. The molecule has 2 amide bonds. The lowest BCUT2D eigenvalue weighted by atomic mass is 10.1. The first-order valence-corrected chi connectivity index (χ1v) is 14.3. The second-order valence-corrected chi connectivity index (χ2v) is 11.3. The van der Waals surface area contributed by atoms with Crippen LogP contribution in [0.3, 0.4) is 0 Å². The number of anilines is 1. The van der Waals surface area contributed by atoms with Gasteiger partial charge in [0, 0.05) is 13.1 Å². The van der Waals surface area contributed by atoms with E-state index in [1.165, 1.54) is 4.90 Å². The third kappa shape index (κ3) is 7.44. The summed E-state index contributed by atoms with van der Waals surface area (Å²) in [6.45, 7) is 7.77. The Balaban J connectivity index is 1.95. The molecule has 38 heavy (non-hydrogen) atoms. The van der Waals surface area contributed by atoms with Gasteiger partial charge in [0.15, 0.2) is 0 Å². The first kappa shape index (κ1) is 28.9. The minimum absolute atomic E-state index is 0.0982. The molecule has 0 saturated carbocycles. The maximum absolute atomic E-state index is 13.8. The first-order chi connectivity index (χ1) is 18.1. The predicted molar refractivity (Wildman–Crippen MR) is 152 cm³/mol. The molecule has 0 aromatic heterocycles. The van der Waals surface area contributed by atoms with Gasteiger partial charge in [0.25, 0.3) is 10.0 Å². The van der Waals surface area contributed by atoms with Crippen LogP contribution in [-0.4, -0.2) is 50.8 Å². The smallest absolute Gasteiger partial charge is 0.264 e. The summed E-state index contributed by atoms with van der Waals surface area (Å²) < 4.78 is 28.7. The summed E-state index contributed by atoms with van der Waals surface area (Å²) in [5, 5.41) is 2.85. The normalized spacial score (nSPS) is 12.0. The van der Waals surface area contributed by atoms with E-state index in [0.717, 1.165) is 27.4 Å². The number of carbonyl (C=O) groups excluding carboxylic acids is 2. The quantitative estimate of drug-likeness (QED) is 0.370. The van der Waals surface area contributed by atoms with E-state index in [0.29, 0.717) is 18.7 Å². The van der Waals surface area contributed by atoms with E-state index in [2.05, 4.69) is 5.32 Å². The van der Waals surface area contributed by atoms with Gasteiger partial charge in [-0.1, -0.05) is 72.6 Å². The molecule has 1 N–H and O–H groups in total. The minimum atomic E-state index is -4.05. The van der Waals surface area contributed by atoms with Crippen molar-refractivity contribution >= 4 is 27.5 Å². The molecule has 0 fully saturated rings. The monoisotopic (exact) mass is 535 g/mol. The standard InChI is InChI=1S/C30H37N3O4S/c1-5-20-31-30(35)25(4)32(21-19-26-9-7-6-8-10-26)29(34)22-33(27-15-11-23(2)12-16-27)38(36,37)28-17-13-24(3)14-18-28/h6-18,25H,5,19-22H2,1-4H3,(H,31,35)/t25-/m0/s1. The molecular formula is C30H37N3O4S. The topological polar surface area (TPSA) is 86.8 Å². The van der Waals surface area contributed by atoms with Crippen LogP contribution in [0.25, 0.3) is 0 Å². The molecule has 7 nitrogen and oxygen atoms in total. The van der Waals surface area contributed by atoms with Crippen LogP contribution in [0.1, 0.15) is 37.0 Å². The molecule has 1 atom stereocenters. The molecule has 8 heteroatoms. The molecular weight excluding hydrogens is 498 g/mol. The van der Waals surface area contributed by atoms with Crippen molar-refractivity contribution in [2.75, 3.05) is 23.9 Å². The molecule has 0 spiro atoms. The number of hydrogen-bond donors (Lipinski definition) is 1. The number of rotatable bonds is 12. The van der Waals surface area contributed by atoms with Crippen LogP contribution in [-0.2, 0) is 26.0 Å². The number of amides is 2. The second-order valence-electron chi connectivity index (χ2n) is 9.45. The summed E-state index contributed by atoms with van der Waals surface area (Å²) in [6, 6.07) is 22.5. The van der Waals surface area contributed by atoms with Gasteiger partial charge < -0.3 is 10.2 Å². The maximum atomic E-state index is 13.8. The van der Waals surface area contributed by atoms with Crippen molar-refractivity contribution in [2.45, 2.75) is 51.5 Å². The first-order valence-electron chi connectivity index (χ1n) is 12.9. The molecule has 3 aromatic carbocycles. The lowest BCUT2D eigenvalue weighted by Gasteiger charge is -2.32. The zero-order chi connectivity index (χ0) is 27.7. The average Bonchev–Trinajstić information content (AvgIpc) is 2.91. The molecule has 3 aromatic rings. The fraction of sp³-hybridized carbons (Fsp3) is 0.333. The predicted octanol–water partition coefficient (Wildman–Crippen LogP) is 4.48.